The van der Waals surface area contributed by atoms with Crippen LogP contribution in [0.4, 0.5) is 0 Å². The molecule has 0 radical (unpaired) electrons. The molecule has 4 rings (SSSR count). The molecular weight excluding hydrogens is 328 g/mol. The van der Waals surface area contributed by atoms with Gasteiger partial charge in [0, 0.05) is 23.7 Å². The van der Waals surface area contributed by atoms with Gasteiger partial charge in [0.1, 0.15) is 11.4 Å². The maximum absolute atomic E-state index is 12.4. The van der Waals surface area contributed by atoms with Crippen molar-refractivity contribution in [1.82, 2.24) is 20.2 Å². The molecule has 24 heavy (non-hydrogen) atoms. The van der Waals surface area contributed by atoms with Gasteiger partial charge in [-0.05, 0) is 38.4 Å². The first-order chi connectivity index (χ1) is 11.6. The highest BCUT2D eigenvalue weighted by molar-refractivity contribution is 6.35. The standard InChI is InChI=1S/C17H17ClN4O2/c1-10-16(21-24-20-10)14-6-3-7-22(14)9-11-8-15(23)12-4-2-5-13(18)17(12)19-11/h2,4-5,8,14H,3,6-7,9H2,1H3,(H,19,23)/t14-/m0/s1. The molecule has 7 heteroatoms. The summed E-state index contributed by atoms with van der Waals surface area (Å²) in [6.07, 6.45) is 2.09. The Morgan fingerprint density at radius 2 is 2.29 bits per heavy atom. The fourth-order valence-corrected chi connectivity index (χ4v) is 3.68. The van der Waals surface area contributed by atoms with Crippen LogP contribution < -0.4 is 5.43 Å². The lowest BCUT2D eigenvalue weighted by Gasteiger charge is -2.22. The van der Waals surface area contributed by atoms with Crippen LogP contribution in [0.25, 0.3) is 10.9 Å². The molecule has 6 nitrogen and oxygen atoms in total. The van der Waals surface area contributed by atoms with Gasteiger partial charge in [0.2, 0.25) is 0 Å². The van der Waals surface area contributed by atoms with E-state index < -0.39 is 0 Å². The Morgan fingerprint density at radius 1 is 1.42 bits per heavy atom. The highest BCUT2D eigenvalue weighted by Crippen LogP contribution is 2.33. The number of halogens is 1. The van der Waals surface area contributed by atoms with E-state index in [0.29, 0.717) is 22.5 Å². The number of fused-ring (bicyclic) bond motifs is 1. The van der Waals surface area contributed by atoms with Crippen LogP contribution in [0.1, 0.15) is 36.0 Å². The zero-order valence-corrected chi connectivity index (χ0v) is 14.0. The fourth-order valence-electron chi connectivity index (χ4n) is 3.46. The third kappa shape index (κ3) is 2.61. The number of nitrogens with zero attached hydrogens (tertiary/aromatic N) is 3. The Morgan fingerprint density at radius 3 is 3.08 bits per heavy atom. The van der Waals surface area contributed by atoms with Gasteiger partial charge in [0.25, 0.3) is 0 Å². The number of aromatic nitrogens is 3. The summed E-state index contributed by atoms with van der Waals surface area (Å²) in [4.78, 5) is 18.0. The highest BCUT2D eigenvalue weighted by Gasteiger charge is 2.30. The molecule has 0 spiro atoms. The molecule has 3 heterocycles. The lowest BCUT2D eigenvalue weighted by Crippen LogP contribution is -2.25. The lowest BCUT2D eigenvalue weighted by molar-refractivity contribution is 0.229. The van der Waals surface area contributed by atoms with Crippen molar-refractivity contribution >= 4 is 22.5 Å². The normalized spacial score (nSPS) is 18.5. The summed E-state index contributed by atoms with van der Waals surface area (Å²) in [6, 6.07) is 7.18. The molecule has 1 aliphatic heterocycles. The van der Waals surface area contributed by atoms with Crippen LogP contribution in [0.2, 0.25) is 5.02 Å². The molecule has 0 aliphatic carbocycles. The van der Waals surface area contributed by atoms with Gasteiger partial charge in [-0.15, -0.1) is 0 Å². The number of hydrogen-bond donors (Lipinski definition) is 1. The third-order valence-corrected chi connectivity index (χ3v) is 4.93. The fraction of sp³-hybridized carbons (Fsp3) is 0.353. The molecule has 0 saturated carbocycles. The molecule has 3 aromatic rings. The summed E-state index contributed by atoms with van der Waals surface area (Å²) in [5, 5.41) is 9.10. The van der Waals surface area contributed by atoms with Crippen LogP contribution in [-0.4, -0.2) is 26.7 Å². The van der Waals surface area contributed by atoms with Crippen LogP contribution >= 0.6 is 11.6 Å². The first-order valence-corrected chi connectivity index (χ1v) is 8.35. The quantitative estimate of drug-likeness (QED) is 0.789. The number of rotatable bonds is 3. The summed E-state index contributed by atoms with van der Waals surface area (Å²) in [7, 11) is 0. The molecule has 1 saturated heterocycles. The summed E-state index contributed by atoms with van der Waals surface area (Å²) in [5.74, 6) is 0. The van der Waals surface area contributed by atoms with E-state index in [-0.39, 0.29) is 11.5 Å². The second kappa shape index (κ2) is 6.03. The molecule has 0 unspecified atom stereocenters. The Labute approximate surface area is 143 Å². The number of hydrogen-bond acceptors (Lipinski definition) is 5. The zero-order valence-electron chi connectivity index (χ0n) is 13.3. The molecular formula is C17H17ClN4O2. The van der Waals surface area contributed by atoms with Crippen molar-refractivity contribution in [3.63, 3.8) is 0 Å². The van der Waals surface area contributed by atoms with E-state index in [1.807, 2.05) is 6.92 Å². The lowest BCUT2D eigenvalue weighted by atomic mass is 10.1. The number of aryl methyl sites for hydroxylation is 1. The monoisotopic (exact) mass is 344 g/mol. The number of likely N-dealkylation sites (tertiary alicyclic amines) is 1. The van der Waals surface area contributed by atoms with E-state index >= 15 is 0 Å². The van der Waals surface area contributed by atoms with Crippen LogP contribution in [0.3, 0.4) is 0 Å². The zero-order chi connectivity index (χ0) is 16.7. The number of nitrogens with one attached hydrogen (secondary N) is 1. The van der Waals surface area contributed by atoms with Crippen molar-refractivity contribution in [3.05, 3.63) is 56.6 Å². The van der Waals surface area contributed by atoms with Crippen LogP contribution in [0.15, 0.2) is 33.7 Å². The minimum atomic E-state index is -0.0173. The third-order valence-electron chi connectivity index (χ3n) is 4.61. The first kappa shape index (κ1) is 15.4. The molecule has 1 aliphatic rings. The van der Waals surface area contributed by atoms with Crippen molar-refractivity contribution in [3.8, 4) is 0 Å². The summed E-state index contributed by atoms with van der Waals surface area (Å²) in [6.45, 7) is 3.48. The average molecular weight is 345 g/mol. The number of benzene rings is 1. The molecule has 1 fully saturated rings. The molecule has 1 N–H and O–H groups in total. The Hall–Kier alpha value is -2.18. The Bertz CT molecular complexity index is 949. The molecule has 0 amide bonds. The predicted octanol–water partition coefficient (Wildman–Crippen LogP) is 3.21. The van der Waals surface area contributed by atoms with Crippen LogP contribution in [0.5, 0.6) is 0 Å². The number of aromatic amines is 1. The SMILES string of the molecule is Cc1nonc1[C@@H]1CCCN1Cc1cc(=O)c2cccc(Cl)c2[nH]1. The summed E-state index contributed by atoms with van der Waals surface area (Å²) < 4.78 is 4.85. The van der Waals surface area contributed by atoms with Gasteiger partial charge in [-0.3, -0.25) is 9.69 Å². The highest BCUT2D eigenvalue weighted by atomic mass is 35.5. The van der Waals surface area contributed by atoms with Crippen molar-refractivity contribution in [1.29, 1.82) is 0 Å². The van der Waals surface area contributed by atoms with Gasteiger partial charge in [-0.1, -0.05) is 28.0 Å². The second-order valence-corrected chi connectivity index (χ2v) is 6.59. The van der Waals surface area contributed by atoms with Gasteiger partial charge in [-0.25, -0.2) is 4.63 Å². The van der Waals surface area contributed by atoms with Crippen molar-refractivity contribution in [2.24, 2.45) is 0 Å². The molecule has 1 aromatic carbocycles. The Balaban J connectivity index is 1.68. The number of pyridine rings is 1. The van der Waals surface area contributed by atoms with E-state index in [9.17, 15) is 4.79 Å². The average Bonchev–Trinajstić information content (AvgIpc) is 3.17. The molecule has 0 bridgehead atoms. The summed E-state index contributed by atoms with van der Waals surface area (Å²) >= 11 is 6.23. The number of H-pyrrole nitrogens is 1. The van der Waals surface area contributed by atoms with E-state index in [4.69, 9.17) is 16.2 Å². The second-order valence-electron chi connectivity index (χ2n) is 6.18. The maximum Gasteiger partial charge on any atom is 0.189 e. The first-order valence-electron chi connectivity index (χ1n) is 7.97. The van der Waals surface area contributed by atoms with Gasteiger partial charge in [0.05, 0.1) is 16.6 Å². The number of para-hydroxylation sites is 1. The molecule has 1 atom stereocenters. The largest absolute Gasteiger partial charge is 0.356 e. The summed E-state index contributed by atoms with van der Waals surface area (Å²) in [5.41, 5.74) is 3.23. The van der Waals surface area contributed by atoms with Crippen LogP contribution in [0, 0.1) is 6.92 Å². The molecule has 124 valence electrons. The predicted molar refractivity (Wildman–Crippen MR) is 91.0 cm³/mol. The van der Waals surface area contributed by atoms with Crippen molar-refractivity contribution in [2.75, 3.05) is 6.54 Å². The van der Waals surface area contributed by atoms with Gasteiger partial charge in [-0.2, -0.15) is 0 Å². The van der Waals surface area contributed by atoms with Gasteiger partial charge < -0.3 is 4.98 Å². The van der Waals surface area contributed by atoms with E-state index in [2.05, 4.69) is 20.2 Å². The van der Waals surface area contributed by atoms with Crippen LogP contribution in [-0.2, 0) is 6.54 Å². The van der Waals surface area contributed by atoms with Gasteiger partial charge >= 0.3 is 0 Å². The Kier molecular flexibility index (Phi) is 3.86. The van der Waals surface area contributed by atoms with E-state index in [1.54, 1.807) is 24.3 Å². The minimum Gasteiger partial charge on any atom is -0.356 e. The van der Waals surface area contributed by atoms with Gasteiger partial charge in [0.15, 0.2) is 5.43 Å². The van der Waals surface area contributed by atoms with Crippen molar-refractivity contribution in [2.45, 2.75) is 32.4 Å². The smallest absolute Gasteiger partial charge is 0.189 e. The minimum absolute atomic E-state index is 0.0173. The van der Waals surface area contributed by atoms with E-state index in [1.165, 1.54) is 0 Å². The van der Waals surface area contributed by atoms with Crippen molar-refractivity contribution < 1.29 is 4.63 Å². The topological polar surface area (TPSA) is 75.0 Å². The molecule has 2 aromatic heterocycles. The maximum atomic E-state index is 12.4. The van der Waals surface area contributed by atoms with E-state index in [0.717, 1.165) is 36.5 Å².